The molecule has 1 fully saturated rings. The van der Waals surface area contributed by atoms with E-state index in [1.165, 1.54) is 17.0 Å². The first-order valence-electron chi connectivity index (χ1n) is 7.14. The largest absolute Gasteiger partial charge is 0.348 e. The van der Waals surface area contributed by atoms with E-state index in [-0.39, 0.29) is 0 Å². The van der Waals surface area contributed by atoms with Gasteiger partial charge in [-0.15, -0.1) is 0 Å². The molecule has 0 saturated carbocycles. The predicted molar refractivity (Wildman–Crippen MR) is 83.3 cm³/mol. The molecular formula is C17H29N. The van der Waals surface area contributed by atoms with Crippen LogP contribution >= 0.6 is 0 Å². The molecule has 1 saturated heterocycles. The fourth-order valence-corrected chi connectivity index (χ4v) is 2.48. The van der Waals surface area contributed by atoms with Crippen LogP contribution in [0.25, 0.3) is 0 Å². The first-order chi connectivity index (χ1) is 8.71. The molecule has 0 aromatic carbocycles. The number of hydrogen-bond acceptors (Lipinski definition) is 1. The van der Waals surface area contributed by atoms with Crippen molar-refractivity contribution >= 4 is 0 Å². The second-order valence-corrected chi connectivity index (χ2v) is 4.09. The van der Waals surface area contributed by atoms with Crippen LogP contribution in [0.4, 0.5) is 0 Å². The number of likely N-dealkylation sites (N-methyl/N-ethyl adjacent to an activating group) is 1. The van der Waals surface area contributed by atoms with E-state index in [1.54, 1.807) is 0 Å². The van der Waals surface area contributed by atoms with Crippen LogP contribution in [0.15, 0.2) is 47.9 Å². The van der Waals surface area contributed by atoms with Gasteiger partial charge in [0.15, 0.2) is 0 Å². The van der Waals surface area contributed by atoms with Crippen LogP contribution < -0.4 is 0 Å². The Bertz CT molecular complexity index is 345. The Labute approximate surface area is 114 Å². The Morgan fingerprint density at radius 1 is 1.28 bits per heavy atom. The summed E-state index contributed by atoms with van der Waals surface area (Å²) in [6.45, 7) is 14.4. The highest BCUT2D eigenvalue weighted by atomic mass is 15.2. The van der Waals surface area contributed by atoms with Crippen molar-refractivity contribution in [2.24, 2.45) is 5.92 Å². The van der Waals surface area contributed by atoms with Crippen molar-refractivity contribution in [1.29, 1.82) is 0 Å². The molecule has 0 aromatic rings. The Morgan fingerprint density at radius 2 is 1.89 bits per heavy atom. The summed E-state index contributed by atoms with van der Waals surface area (Å²) < 4.78 is 0. The molecule has 1 atom stereocenters. The van der Waals surface area contributed by atoms with Gasteiger partial charge in [-0.25, -0.2) is 0 Å². The molecule has 1 nitrogen and oxygen atoms in total. The third-order valence-corrected chi connectivity index (χ3v) is 3.18. The lowest BCUT2D eigenvalue weighted by Crippen LogP contribution is -2.10. The molecule has 0 N–H and O–H groups in total. The number of allylic oxidation sites excluding steroid dienone is 6. The van der Waals surface area contributed by atoms with Gasteiger partial charge in [0.05, 0.1) is 0 Å². The van der Waals surface area contributed by atoms with Crippen molar-refractivity contribution in [3.63, 3.8) is 0 Å². The summed E-state index contributed by atoms with van der Waals surface area (Å²) in [6.07, 6.45) is 10.8. The van der Waals surface area contributed by atoms with E-state index in [1.807, 2.05) is 19.9 Å². The predicted octanol–water partition coefficient (Wildman–Crippen LogP) is 5.29. The summed E-state index contributed by atoms with van der Waals surface area (Å²) in [4.78, 5) is 2.30. The number of rotatable bonds is 3. The van der Waals surface area contributed by atoms with Gasteiger partial charge in [-0.3, -0.25) is 0 Å². The molecule has 1 aliphatic rings. The highest BCUT2D eigenvalue weighted by Crippen LogP contribution is 2.41. The Morgan fingerprint density at radius 3 is 2.28 bits per heavy atom. The van der Waals surface area contributed by atoms with Gasteiger partial charge in [-0.2, -0.15) is 0 Å². The summed E-state index contributed by atoms with van der Waals surface area (Å²) in [6, 6.07) is 0. The third kappa shape index (κ3) is 3.38. The van der Waals surface area contributed by atoms with Crippen LogP contribution in [0, 0.1) is 5.92 Å². The summed E-state index contributed by atoms with van der Waals surface area (Å²) in [7, 11) is 2.15. The molecule has 0 radical (unpaired) electrons. The van der Waals surface area contributed by atoms with Crippen LogP contribution in [0.2, 0.25) is 0 Å². The lowest BCUT2D eigenvalue weighted by Gasteiger charge is -2.16. The van der Waals surface area contributed by atoms with Crippen LogP contribution in [0.5, 0.6) is 0 Å². The van der Waals surface area contributed by atoms with Gasteiger partial charge >= 0.3 is 0 Å². The molecule has 0 spiro atoms. The van der Waals surface area contributed by atoms with Gasteiger partial charge in [0.1, 0.15) is 0 Å². The summed E-state index contributed by atoms with van der Waals surface area (Å²) in [5, 5.41) is 0. The topological polar surface area (TPSA) is 3.24 Å². The maximum absolute atomic E-state index is 3.81. The van der Waals surface area contributed by atoms with E-state index in [0.717, 1.165) is 12.8 Å². The average Bonchev–Trinajstić information content (AvgIpc) is 2.66. The van der Waals surface area contributed by atoms with Crippen LogP contribution in [-0.4, -0.2) is 11.9 Å². The van der Waals surface area contributed by atoms with E-state index in [0.29, 0.717) is 5.92 Å². The Balaban J connectivity index is 0.00000137. The zero-order chi connectivity index (χ0) is 14.1. The van der Waals surface area contributed by atoms with Crippen LogP contribution in [0.1, 0.15) is 47.5 Å². The fourth-order valence-electron chi connectivity index (χ4n) is 2.48. The highest BCUT2D eigenvalue weighted by molar-refractivity contribution is 5.46. The van der Waals surface area contributed by atoms with E-state index in [4.69, 9.17) is 0 Å². The SMILES string of the molecule is C=C/C=C1\C(CC)C(=C/C)/C(=C\CC)N1C.CC. The first kappa shape index (κ1) is 16.8. The standard InChI is InChI=1S/C15H23N.C2H6/c1-6-10-14-12(8-3)13(9-4)15(11-7-2)16(14)5;1-2/h6,9-12H,1,7-8H2,2-5H3;1-2H3/b13-9-,14-10+,15-11+;. The second-order valence-electron chi connectivity index (χ2n) is 4.09. The van der Waals surface area contributed by atoms with Crippen LogP contribution in [0.3, 0.4) is 0 Å². The van der Waals surface area contributed by atoms with E-state index >= 15 is 0 Å². The Hall–Kier alpha value is -1.24. The van der Waals surface area contributed by atoms with Gasteiger partial charge in [0.2, 0.25) is 0 Å². The van der Waals surface area contributed by atoms with Crippen molar-refractivity contribution in [3.8, 4) is 0 Å². The normalized spacial score (nSPS) is 25.6. The molecular weight excluding hydrogens is 218 g/mol. The fraction of sp³-hybridized carbons (Fsp3) is 0.529. The third-order valence-electron chi connectivity index (χ3n) is 3.18. The molecule has 0 aromatic heterocycles. The van der Waals surface area contributed by atoms with Gasteiger partial charge in [0.25, 0.3) is 0 Å². The van der Waals surface area contributed by atoms with Crippen molar-refractivity contribution in [2.45, 2.75) is 47.5 Å². The highest BCUT2D eigenvalue weighted by Gasteiger charge is 2.31. The minimum absolute atomic E-state index is 0.533. The van der Waals surface area contributed by atoms with Crippen LogP contribution in [-0.2, 0) is 0 Å². The molecule has 1 aliphatic heterocycles. The minimum Gasteiger partial charge on any atom is -0.348 e. The zero-order valence-electron chi connectivity index (χ0n) is 13.0. The summed E-state index contributed by atoms with van der Waals surface area (Å²) in [5.74, 6) is 0.533. The molecule has 1 heteroatoms. The quantitative estimate of drug-likeness (QED) is 0.654. The number of likely N-dealkylation sites (tertiary alicyclic amines) is 1. The zero-order valence-corrected chi connectivity index (χ0v) is 13.0. The van der Waals surface area contributed by atoms with E-state index < -0.39 is 0 Å². The molecule has 102 valence electrons. The summed E-state index contributed by atoms with van der Waals surface area (Å²) >= 11 is 0. The summed E-state index contributed by atoms with van der Waals surface area (Å²) in [5.41, 5.74) is 4.19. The Kier molecular flexibility index (Phi) is 8.19. The first-order valence-corrected chi connectivity index (χ1v) is 7.14. The average molecular weight is 247 g/mol. The lowest BCUT2D eigenvalue weighted by molar-refractivity contribution is 0.525. The molecule has 1 rings (SSSR count). The van der Waals surface area contributed by atoms with Gasteiger partial charge in [0, 0.05) is 24.4 Å². The van der Waals surface area contributed by atoms with E-state index in [2.05, 4.69) is 57.5 Å². The van der Waals surface area contributed by atoms with Crippen molar-refractivity contribution in [2.75, 3.05) is 7.05 Å². The molecule has 1 unspecified atom stereocenters. The van der Waals surface area contributed by atoms with Gasteiger partial charge in [-0.05, 0) is 31.4 Å². The molecule has 18 heavy (non-hydrogen) atoms. The molecule has 0 bridgehead atoms. The van der Waals surface area contributed by atoms with Crippen molar-refractivity contribution < 1.29 is 0 Å². The van der Waals surface area contributed by atoms with E-state index in [9.17, 15) is 0 Å². The smallest absolute Gasteiger partial charge is 0.0401 e. The number of nitrogens with zero attached hydrogens (tertiary/aromatic N) is 1. The van der Waals surface area contributed by atoms with Crippen molar-refractivity contribution in [3.05, 3.63) is 47.9 Å². The lowest BCUT2D eigenvalue weighted by atomic mass is 9.95. The maximum atomic E-state index is 3.81. The maximum Gasteiger partial charge on any atom is 0.0401 e. The second kappa shape index (κ2) is 8.79. The molecule has 1 heterocycles. The number of hydrogen-bond donors (Lipinski definition) is 0. The molecule has 0 amide bonds. The molecule has 0 aliphatic carbocycles. The monoisotopic (exact) mass is 247 g/mol. The van der Waals surface area contributed by atoms with Gasteiger partial charge < -0.3 is 4.90 Å². The minimum atomic E-state index is 0.533. The van der Waals surface area contributed by atoms with Crippen molar-refractivity contribution in [1.82, 2.24) is 4.90 Å². The van der Waals surface area contributed by atoms with Gasteiger partial charge in [-0.1, -0.05) is 52.5 Å².